The van der Waals surface area contributed by atoms with E-state index in [0.29, 0.717) is 31.5 Å². The molecule has 1 aromatic carbocycles. The second-order valence-electron chi connectivity index (χ2n) is 7.92. The number of hydrogen-bond acceptors (Lipinski definition) is 7. The average molecular weight is 495 g/mol. The summed E-state index contributed by atoms with van der Waals surface area (Å²) in [6, 6.07) is 10.5. The Kier molecular flexibility index (Phi) is 7.50. The van der Waals surface area contributed by atoms with E-state index in [9.17, 15) is 26.4 Å². The van der Waals surface area contributed by atoms with Crippen LogP contribution in [-0.2, 0) is 26.4 Å². The van der Waals surface area contributed by atoms with Crippen molar-refractivity contribution in [1.29, 1.82) is 0 Å². The Morgan fingerprint density at radius 2 is 1.52 bits per heavy atom. The van der Waals surface area contributed by atoms with E-state index in [-0.39, 0.29) is 28.9 Å². The second kappa shape index (κ2) is 9.98. The molecule has 0 atom stereocenters. The van der Waals surface area contributed by atoms with E-state index in [2.05, 4.69) is 15.6 Å². The van der Waals surface area contributed by atoms with Crippen LogP contribution < -0.4 is 10.6 Å². The highest BCUT2D eigenvalue weighted by Gasteiger charge is 2.26. The molecule has 1 aliphatic heterocycles. The Morgan fingerprint density at radius 3 is 2.06 bits per heavy atom. The van der Waals surface area contributed by atoms with Crippen molar-refractivity contribution in [2.45, 2.75) is 30.3 Å². The van der Waals surface area contributed by atoms with Gasteiger partial charge in [0.25, 0.3) is 11.8 Å². The molecule has 1 saturated heterocycles. The molecule has 3 rings (SSSR count). The van der Waals surface area contributed by atoms with Crippen LogP contribution in [-0.4, -0.2) is 69.6 Å². The fourth-order valence-corrected chi connectivity index (χ4v) is 4.91. The summed E-state index contributed by atoms with van der Waals surface area (Å²) in [6.07, 6.45) is 3.28. The lowest BCUT2D eigenvalue weighted by Gasteiger charge is -2.30. The lowest BCUT2D eigenvalue weighted by Crippen LogP contribution is -2.46. The largest absolute Gasteiger partial charge is 0.348 e. The summed E-state index contributed by atoms with van der Waals surface area (Å²) in [7, 11) is -6.53. The third kappa shape index (κ3) is 6.83. The molecule has 33 heavy (non-hydrogen) atoms. The van der Waals surface area contributed by atoms with Crippen molar-refractivity contribution in [1.82, 2.24) is 19.9 Å². The van der Waals surface area contributed by atoms with Gasteiger partial charge in [-0.3, -0.25) is 9.59 Å². The molecule has 1 aliphatic rings. The van der Waals surface area contributed by atoms with E-state index in [1.807, 2.05) is 0 Å². The minimum Gasteiger partial charge on any atom is -0.348 e. The lowest BCUT2D eigenvalue weighted by molar-refractivity contribution is 0.0918. The maximum atomic E-state index is 12.6. The molecule has 0 saturated carbocycles. The number of nitrogens with zero attached hydrogens (tertiary/aromatic N) is 2. The minimum absolute atomic E-state index is 0.0716. The quantitative estimate of drug-likeness (QED) is 0.573. The molecule has 2 N–H and O–H groups in total. The molecule has 2 amide bonds. The first-order valence-electron chi connectivity index (χ1n) is 10.2. The summed E-state index contributed by atoms with van der Waals surface area (Å²) in [6.45, 7) is 0.843. The highest BCUT2D eigenvalue weighted by Crippen LogP contribution is 2.14. The molecule has 0 spiro atoms. The highest BCUT2D eigenvalue weighted by molar-refractivity contribution is 7.90. The fourth-order valence-electron chi connectivity index (χ4n) is 3.41. The van der Waals surface area contributed by atoms with Crippen molar-refractivity contribution in [3.8, 4) is 0 Å². The molecule has 0 aliphatic carbocycles. The van der Waals surface area contributed by atoms with Gasteiger partial charge in [-0.1, -0.05) is 18.2 Å². The first-order chi connectivity index (χ1) is 15.4. The van der Waals surface area contributed by atoms with Crippen molar-refractivity contribution in [3.05, 3.63) is 59.4 Å². The molecule has 0 radical (unpaired) electrons. The zero-order valence-corrected chi connectivity index (χ0v) is 19.9. The van der Waals surface area contributed by atoms with E-state index < -0.39 is 31.7 Å². The first-order valence-corrected chi connectivity index (χ1v) is 14.0. The van der Waals surface area contributed by atoms with Crippen LogP contribution >= 0.6 is 0 Å². The highest BCUT2D eigenvalue weighted by atomic mass is 32.2. The number of amides is 2. The molecule has 2 aromatic rings. The van der Waals surface area contributed by atoms with Crippen LogP contribution in [0.25, 0.3) is 0 Å². The molecule has 2 heterocycles. The van der Waals surface area contributed by atoms with E-state index in [0.717, 1.165) is 12.5 Å². The molecule has 0 bridgehead atoms. The maximum absolute atomic E-state index is 12.6. The number of benzene rings is 1. The van der Waals surface area contributed by atoms with Crippen LogP contribution in [0.2, 0.25) is 0 Å². The Bertz CT molecular complexity index is 1240. The van der Waals surface area contributed by atoms with Gasteiger partial charge >= 0.3 is 0 Å². The molecule has 12 heteroatoms. The van der Waals surface area contributed by atoms with Crippen LogP contribution in [0, 0.1) is 0 Å². The zero-order valence-electron chi connectivity index (χ0n) is 18.3. The average Bonchev–Trinajstić information content (AvgIpc) is 2.77. The SMILES string of the molecule is CS(=O)(=O)c1ccc(CNC(=O)c2cccc(C(=O)NC3CCN(S(C)(=O)=O)CC3)n2)cc1. The molecule has 1 fully saturated rings. The van der Waals surface area contributed by atoms with Gasteiger partial charge < -0.3 is 10.6 Å². The van der Waals surface area contributed by atoms with Gasteiger partial charge in [-0.05, 0) is 42.7 Å². The third-order valence-electron chi connectivity index (χ3n) is 5.28. The second-order valence-corrected chi connectivity index (χ2v) is 11.9. The van der Waals surface area contributed by atoms with Crippen molar-refractivity contribution in [3.63, 3.8) is 0 Å². The molecule has 0 unspecified atom stereocenters. The maximum Gasteiger partial charge on any atom is 0.270 e. The van der Waals surface area contributed by atoms with Gasteiger partial charge in [0.1, 0.15) is 11.4 Å². The van der Waals surface area contributed by atoms with Crippen LogP contribution in [0.4, 0.5) is 0 Å². The number of hydrogen-bond donors (Lipinski definition) is 2. The Hall–Kier alpha value is -2.83. The van der Waals surface area contributed by atoms with E-state index >= 15 is 0 Å². The van der Waals surface area contributed by atoms with E-state index in [1.54, 1.807) is 18.2 Å². The van der Waals surface area contributed by atoms with Crippen molar-refractivity contribution in [2.75, 3.05) is 25.6 Å². The predicted molar refractivity (Wildman–Crippen MR) is 122 cm³/mol. The van der Waals surface area contributed by atoms with Crippen molar-refractivity contribution < 1.29 is 26.4 Å². The molecular formula is C21H26N4O6S2. The van der Waals surface area contributed by atoms with Crippen LogP contribution in [0.15, 0.2) is 47.4 Å². The van der Waals surface area contributed by atoms with Gasteiger partial charge in [0, 0.05) is 31.9 Å². The normalized spacial score (nSPS) is 15.7. The Balaban J connectivity index is 1.56. The standard InChI is InChI=1S/C21H26N4O6S2/c1-32(28,29)17-8-6-15(7-9-17)14-22-20(26)18-4-3-5-19(24-18)21(27)23-16-10-12-25(13-11-16)33(2,30)31/h3-9,16H,10-14H2,1-2H3,(H,22,26)(H,23,27). The number of rotatable bonds is 7. The van der Waals surface area contributed by atoms with Gasteiger partial charge in [-0.2, -0.15) is 0 Å². The molecule has 1 aromatic heterocycles. The summed E-state index contributed by atoms with van der Waals surface area (Å²) in [5.41, 5.74) is 0.873. The Morgan fingerprint density at radius 1 is 0.939 bits per heavy atom. The summed E-state index contributed by atoms with van der Waals surface area (Å²) < 4.78 is 47.6. The van der Waals surface area contributed by atoms with Crippen molar-refractivity contribution >= 4 is 31.7 Å². The van der Waals surface area contributed by atoms with E-state index in [1.165, 1.54) is 28.6 Å². The van der Waals surface area contributed by atoms with Gasteiger partial charge in [-0.15, -0.1) is 0 Å². The number of nitrogens with one attached hydrogen (secondary N) is 2. The zero-order chi connectivity index (χ0) is 24.2. The molecule has 10 nitrogen and oxygen atoms in total. The monoisotopic (exact) mass is 494 g/mol. The van der Waals surface area contributed by atoms with Crippen LogP contribution in [0.3, 0.4) is 0 Å². The first kappa shape index (κ1) is 24.8. The topological polar surface area (TPSA) is 143 Å². The van der Waals surface area contributed by atoms with Crippen molar-refractivity contribution in [2.24, 2.45) is 0 Å². The number of carbonyl (C=O) groups excluding carboxylic acids is 2. The van der Waals surface area contributed by atoms with Gasteiger partial charge in [0.15, 0.2) is 9.84 Å². The smallest absolute Gasteiger partial charge is 0.270 e. The van der Waals surface area contributed by atoms with Crippen LogP contribution in [0.1, 0.15) is 39.4 Å². The van der Waals surface area contributed by atoms with Gasteiger partial charge in [0.05, 0.1) is 11.2 Å². The minimum atomic E-state index is -3.29. The lowest BCUT2D eigenvalue weighted by atomic mass is 10.1. The van der Waals surface area contributed by atoms with E-state index in [4.69, 9.17) is 0 Å². The number of piperidine rings is 1. The molecule has 178 valence electrons. The number of carbonyl (C=O) groups is 2. The number of aromatic nitrogens is 1. The predicted octanol–water partition coefficient (Wildman–Crippen LogP) is 0.569. The summed E-state index contributed by atoms with van der Waals surface area (Å²) >= 11 is 0. The third-order valence-corrected chi connectivity index (χ3v) is 7.71. The Labute approximate surface area is 193 Å². The molecular weight excluding hydrogens is 468 g/mol. The number of sulfonamides is 1. The van der Waals surface area contributed by atoms with Gasteiger partial charge in [0.2, 0.25) is 10.0 Å². The summed E-state index contributed by atoms with van der Waals surface area (Å²) in [4.78, 5) is 29.4. The number of sulfone groups is 1. The summed E-state index contributed by atoms with van der Waals surface area (Å²) in [5, 5.41) is 5.54. The summed E-state index contributed by atoms with van der Waals surface area (Å²) in [5.74, 6) is -0.905. The van der Waals surface area contributed by atoms with Gasteiger partial charge in [-0.25, -0.2) is 26.1 Å². The number of pyridine rings is 1. The van der Waals surface area contributed by atoms with Crippen LogP contribution in [0.5, 0.6) is 0 Å². The fraction of sp³-hybridized carbons (Fsp3) is 0.381.